The van der Waals surface area contributed by atoms with Gasteiger partial charge in [0, 0.05) is 23.7 Å². The van der Waals surface area contributed by atoms with Crippen LogP contribution in [0.2, 0.25) is 0 Å². The molecule has 0 aromatic rings. The lowest BCUT2D eigenvalue weighted by Gasteiger charge is -2.29. The Labute approximate surface area is 115 Å². The highest BCUT2D eigenvalue weighted by Crippen LogP contribution is 2.10. The normalized spacial score (nSPS) is 12.6. The molecule has 0 heterocycles. The van der Waals surface area contributed by atoms with Gasteiger partial charge in [0.15, 0.2) is 0 Å². The molecular formula is C12H26BrNO2S. The summed E-state index contributed by atoms with van der Waals surface area (Å²) in [6.07, 6.45) is 3.01. The number of halogens is 1. The second kappa shape index (κ2) is 9.34. The first kappa shape index (κ1) is 17.4. The van der Waals surface area contributed by atoms with E-state index in [1.165, 1.54) is 0 Å². The fourth-order valence-electron chi connectivity index (χ4n) is 2.02. The molecule has 0 saturated carbocycles. The molecule has 0 aromatic carbocycles. The molecule has 0 radical (unpaired) electrons. The van der Waals surface area contributed by atoms with Gasteiger partial charge in [0.05, 0.1) is 5.75 Å². The Kier molecular flexibility index (Phi) is 9.55. The van der Waals surface area contributed by atoms with E-state index >= 15 is 0 Å². The summed E-state index contributed by atoms with van der Waals surface area (Å²) in [6, 6.07) is 0.580. The molecular weight excluding hydrogens is 302 g/mol. The quantitative estimate of drug-likeness (QED) is 0.579. The topological polar surface area (TPSA) is 37.4 Å². The highest BCUT2D eigenvalue weighted by Gasteiger charge is 2.15. The summed E-state index contributed by atoms with van der Waals surface area (Å²) in [4.78, 5) is 2.40. The van der Waals surface area contributed by atoms with Crippen molar-refractivity contribution < 1.29 is 8.42 Å². The van der Waals surface area contributed by atoms with E-state index in [9.17, 15) is 8.42 Å². The first-order valence-electron chi connectivity index (χ1n) is 6.51. The van der Waals surface area contributed by atoms with Gasteiger partial charge in [0.2, 0.25) is 0 Å². The first-order valence-corrected chi connectivity index (χ1v) is 9.45. The van der Waals surface area contributed by atoms with E-state index in [1.807, 2.05) is 0 Å². The second-order valence-corrected chi connectivity index (χ2v) is 7.55. The van der Waals surface area contributed by atoms with Crippen LogP contribution in [0.25, 0.3) is 0 Å². The monoisotopic (exact) mass is 327 g/mol. The molecule has 0 aliphatic heterocycles. The zero-order valence-corrected chi connectivity index (χ0v) is 13.7. The summed E-state index contributed by atoms with van der Waals surface area (Å²) in [5.74, 6) is 0.582. The van der Waals surface area contributed by atoms with Gasteiger partial charge in [0.1, 0.15) is 9.84 Å². The maximum absolute atomic E-state index is 11.4. The SMILES string of the molecule is CCC(CC)N(CCBr)CCCS(=O)(=O)CC. The summed E-state index contributed by atoms with van der Waals surface area (Å²) in [7, 11) is -2.81. The van der Waals surface area contributed by atoms with Crippen molar-refractivity contribution in [2.45, 2.75) is 46.1 Å². The summed E-state index contributed by atoms with van der Waals surface area (Å²) in [5, 5.41) is 0.948. The molecule has 0 rings (SSSR count). The fraction of sp³-hybridized carbons (Fsp3) is 1.00. The maximum atomic E-state index is 11.4. The third-order valence-corrected chi connectivity index (χ3v) is 5.32. The Morgan fingerprint density at radius 1 is 1.12 bits per heavy atom. The highest BCUT2D eigenvalue weighted by atomic mass is 79.9. The van der Waals surface area contributed by atoms with E-state index in [-0.39, 0.29) is 5.75 Å². The van der Waals surface area contributed by atoms with E-state index in [2.05, 4.69) is 34.7 Å². The van der Waals surface area contributed by atoms with E-state index in [1.54, 1.807) is 6.92 Å². The number of rotatable bonds is 10. The minimum Gasteiger partial charge on any atom is -0.300 e. The average molecular weight is 328 g/mol. The van der Waals surface area contributed by atoms with Crippen LogP contribution in [-0.2, 0) is 9.84 Å². The Hall–Kier alpha value is 0.390. The number of alkyl halides is 1. The molecule has 17 heavy (non-hydrogen) atoms. The van der Waals surface area contributed by atoms with Crippen LogP contribution in [-0.4, -0.2) is 49.3 Å². The van der Waals surface area contributed by atoms with Crippen LogP contribution in [0.15, 0.2) is 0 Å². The van der Waals surface area contributed by atoms with Crippen molar-refractivity contribution in [2.75, 3.05) is 29.9 Å². The van der Waals surface area contributed by atoms with Crippen molar-refractivity contribution in [3.63, 3.8) is 0 Å². The van der Waals surface area contributed by atoms with Gasteiger partial charge in [-0.25, -0.2) is 8.42 Å². The van der Waals surface area contributed by atoms with Crippen LogP contribution in [0.5, 0.6) is 0 Å². The van der Waals surface area contributed by atoms with Gasteiger partial charge in [-0.05, 0) is 25.8 Å². The zero-order valence-electron chi connectivity index (χ0n) is 11.3. The Balaban J connectivity index is 4.17. The van der Waals surface area contributed by atoms with Gasteiger partial charge in [-0.3, -0.25) is 4.90 Å². The number of hydrogen-bond donors (Lipinski definition) is 0. The molecule has 5 heteroatoms. The summed E-state index contributed by atoms with van der Waals surface area (Å²) in [5.41, 5.74) is 0. The fourth-order valence-corrected chi connectivity index (χ4v) is 3.34. The van der Waals surface area contributed by atoms with Crippen LogP contribution in [0, 0.1) is 0 Å². The maximum Gasteiger partial charge on any atom is 0.150 e. The molecule has 0 spiro atoms. The Bertz CT molecular complexity index is 276. The van der Waals surface area contributed by atoms with Crippen LogP contribution in [0.4, 0.5) is 0 Å². The van der Waals surface area contributed by atoms with Gasteiger partial charge in [-0.15, -0.1) is 0 Å². The minimum atomic E-state index is -2.81. The number of hydrogen-bond acceptors (Lipinski definition) is 3. The largest absolute Gasteiger partial charge is 0.300 e. The third kappa shape index (κ3) is 7.42. The zero-order chi connectivity index (χ0) is 13.3. The molecule has 0 aromatic heterocycles. The average Bonchev–Trinajstić information content (AvgIpc) is 2.30. The predicted octanol–water partition coefficient (Wildman–Crippen LogP) is 2.70. The molecule has 0 unspecified atom stereocenters. The van der Waals surface area contributed by atoms with Gasteiger partial charge in [-0.2, -0.15) is 0 Å². The molecule has 104 valence electrons. The summed E-state index contributed by atoms with van der Waals surface area (Å²) < 4.78 is 22.8. The van der Waals surface area contributed by atoms with Crippen LogP contribution < -0.4 is 0 Å². The lowest BCUT2D eigenvalue weighted by atomic mass is 10.1. The number of sulfone groups is 1. The van der Waals surface area contributed by atoms with Crippen LogP contribution >= 0.6 is 15.9 Å². The third-order valence-electron chi connectivity index (χ3n) is 3.17. The van der Waals surface area contributed by atoms with Crippen molar-refractivity contribution in [2.24, 2.45) is 0 Å². The van der Waals surface area contributed by atoms with Crippen molar-refractivity contribution in [3.8, 4) is 0 Å². The summed E-state index contributed by atoms with van der Waals surface area (Å²) >= 11 is 3.46. The van der Waals surface area contributed by atoms with E-state index in [4.69, 9.17) is 0 Å². The number of nitrogens with zero attached hydrogens (tertiary/aromatic N) is 1. The summed E-state index contributed by atoms with van der Waals surface area (Å²) in [6.45, 7) is 7.98. The molecule has 3 nitrogen and oxygen atoms in total. The molecule has 0 saturated heterocycles. The van der Waals surface area contributed by atoms with E-state index in [0.717, 1.165) is 37.7 Å². The lowest BCUT2D eigenvalue weighted by Crippen LogP contribution is -2.37. The van der Waals surface area contributed by atoms with Crippen molar-refractivity contribution in [3.05, 3.63) is 0 Å². The van der Waals surface area contributed by atoms with Gasteiger partial charge in [-0.1, -0.05) is 36.7 Å². The van der Waals surface area contributed by atoms with Crippen molar-refractivity contribution in [1.82, 2.24) is 4.90 Å². The smallest absolute Gasteiger partial charge is 0.150 e. The lowest BCUT2D eigenvalue weighted by molar-refractivity contribution is 0.198. The van der Waals surface area contributed by atoms with Gasteiger partial charge < -0.3 is 0 Å². The van der Waals surface area contributed by atoms with Crippen molar-refractivity contribution >= 4 is 25.8 Å². The van der Waals surface area contributed by atoms with Gasteiger partial charge in [0.25, 0.3) is 0 Å². The van der Waals surface area contributed by atoms with Gasteiger partial charge >= 0.3 is 0 Å². The van der Waals surface area contributed by atoms with Crippen molar-refractivity contribution in [1.29, 1.82) is 0 Å². The highest BCUT2D eigenvalue weighted by molar-refractivity contribution is 9.09. The van der Waals surface area contributed by atoms with E-state index < -0.39 is 9.84 Å². The van der Waals surface area contributed by atoms with Crippen LogP contribution in [0.3, 0.4) is 0 Å². The molecule has 0 aliphatic carbocycles. The Morgan fingerprint density at radius 2 is 1.71 bits per heavy atom. The Morgan fingerprint density at radius 3 is 2.12 bits per heavy atom. The standard InChI is InChI=1S/C12H26BrNO2S/c1-4-12(5-2)14(10-8-13)9-7-11-17(15,16)6-3/h12H,4-11H2,1-3H3. The first-order chi connectivity index (χ1) is 8.00. The van der Waals surface area contributed by atoms with Crippen LogP contribution in [0.1, 0.15) is 40.0 Å². The second-order valence-electron chi connectivity index (χ2n) is 4.29. The predicted molar refractivity (Wildman–Crippen MR) is 78.7 cm³/mol. The molecule has 0 bridgehead atoms. The van der Waals surface area contributed by atoms with E-state index in [0.29, 0.717) is 11.8 Å². The molecule has 0 amide bonds. The minimum absolute atomic E-state index is 0.260. The molecule has 0 aliphatic rings. The molecule has 0 fully saturated rings. The molecule has 0 N–H and O–H groups in total. The molecule has 0 atom stereocenters.